The van der Waals surface area contributed by atoms with Crippen molar-refractivity contribution in [3.8, 4) is 5.82 Å². The van der Waals surface area contributed by atoms with E-state index in [1.54, 1.807) is 16.9 Å². The van der Waals surface area contributed by atoms with E-state index in [-0.39, 0.29) is 5.28 Å². The van der Waals surface area contributed by atoms with Gasteiger partial charge in [0.25, 0.3) is 0 Å². The molecule has 2 aromatic heterocycles. The van der Waals surface area contributed by atoms with E-state index < -0.39 is 0 Å². The van der Waals surface area contributed by atoms with Crippen LogP contribution in [0.5, 0.6) is 0 Å². The smallest absolute Gasteiger partial charge is 0.224 e. The van der Waals surface area contributed by atoms with E-state index in [9.17, 15) is 0 Å². The number of aromatic nitrogens is 4. The lowest BCUT2D eigenvalue weighted by molar-refractivity contribution is 0.866. The van der Waals surface area contributed by atoms with Gasteiger partial charge in [-0.1, -0.05) is 11.6 Å². The predicted molar refractivity (Wildman–Crippen MR) is 66.4 cm³/mol. The maximum Gasteiger partial charge on any atom is 0.224 e. The summed E-state index contributed by atoms with van der Waals surface area (Å²) in [6.07, 6.45) is 3.44. The van der Waals surface area contributed by atoms with Crippen molar-refractivity contribution in [3.63, 3.8) is 0 Å². The largest absolute Gasteiger partial charge is 0.226 e. The molecule has 17 heavy (non-hydrogen) atoms. The number of hydrogen-bond acceptors (Lipinski definition) is 3. The Labute approximate surface area is 103 Å². The molecule has 84 valence electrons. The lowest BCUT2D eigenvalue weighted by Gasteiger charge is -2.02. The summed E-state index contributed by atoms with van der Waals surface area (Å²) in [5.74, 6) is 0.670. The zero-order valence-electron chi connectivity index (χ0n) is 9.13. The molecule has 0 amide bonds. The minimum atomic E-state index is 0.221. The second-order valence-electron chi connectivity index (χ2n) is 3.80. The van der Waals surface area contributed by atoms with E-state index in [4.69, 9.17) is 11.6 Å². The fourth-order valence-electron chi connectivity index (χ4n) is 1.78. The van der Waals surface area contributed by atoms with Crippen molar-refractivity contribution in [1.29, 1.82) is 0 Å². The Kier molecular flexibility index (Phi) is 2.30. The highest BCUT2D eigenvalue weighted by Crippen LogP contribution is 2.18. The van der Waals surface area contributed by atoms with Crippen molar-refractivity contribution < 1.29 is 0 Å². The van der Waals surface area contributed by atoms with Gasteiger partial charge in [-0.15, -0.1) is 0 Å². The molecular formula is C12H9ClN4. The fraction of sp³-hybridized carbons (Fsp3) is 0.0833. The van der Waals surface area contributed by atoms with Gasteiger partial charge in [-0.25, -0.2) is 9.67 Å². The van der Waals surface area contributed by atoms with Gasteiger partial charge in [0.15, 0.2) is 5.82 Å². The molecular weight excluding hydrogens is 236 g/mol. The zero-order chi connectivity index (χ0) is 11.8. The van der Waals surface area contributed by atoms with E-state index in [1.165, 1.54) is 5.56 Å². The van der Waals surface area contributed by atoms with Gasteiger partial charge in [0.2, 0.25) is 5.28 Å². The Morgan fingerprint density at radius 3 is 2.94 bits per heavy atom. The molecule has 0 aliphatic carbocycles. The summed E-state index contributed by atoms with van der Waals surface area (Å²) in [5, 5.41) is 5.62. The molecule has 0 radical (unpaired) electrons. The van der Waals surface area contributed by atoms with E-state index in [2.05, 4.69) is 28.1 Å². The molecule has 0 spiro atoms. The summed E-state index contributed by atoms with van der Waals surface area (Å²) in [7, 11) is 0. The van der Waals surface area contributed by atoms with E-state index in [0.29, 0.717) is 5.82 Å². The van der Waals surface area contributed by atoms with Crippen LogP contribution in [0.1, 0.15) is 5.56 Å². The molecule has 0 aliphatic heterocycles. The standard InChI is InChI=1S/C12H9ClN4/c1-8-2-3-10-9(6-8)7-15-17(10)11-4-5-14-12(13)16-11/h2-7H,1H3. The zero-order valence-corrected chi connectivity index (χ0v) is 9.89. The van der Waals surface area contributed by atoms with Crippen molar-refractivity contribution >= 4 is 22.5 Å². The maximum absolute atomic E-state index is 5.77. The molecule has 3 rings (SSSR count). The number of nitrogens with zero attached hydrogens (tertiary/aromatic N) is 4. The summed E-state index contributed by atoms with van der Waals surface area (Å²) in [5.41, 5.74) is 2.21. The lowest BCUT2D eigenvalue weighted by Crippen LogP contribution is -1.99. The SMILES string of the molecule is Cc1ccc2c(cnn2-c2ccnc(Cl)n2)c1. The number of aryl methyl sites for hydroxylation is 1. The van der Waals surface area contributed by atoms with Crippen molar-refractivity contribution in [2.24, 2.45) is 0 Å². The first kappa shape index (κ1) is 10.2. The highest BCUT2D eigenvalue weighted by molar-refractivity contribution is 6.28. The van der Waals surface area contributed by atoms with Crippen LogP contribution in [-0.4, -0.2) is 19.7 Å². The van der Waals surface area contributed by atoms with Gasteiger partial charge >= 0.3 is 0 Å². The average Bonchev–Trinajstić information content (AvgIpc) is 2.71. The van der Waals surface area contributed by atoms with Crippen molar-refractivity contribution in [2.75, 3.05) is 0 Å². The fourth-order valence-corrected chi connectivity index (χ4v) is 1.92. The second-order valence-corrected chi connectivity index (χ2v) is 4.14. The molecule has 0 N–H and O–H groups in total. The molecule has 4 nitrogen and oxygen atoms in total. The van der Waals surface area contributed by atoms with E-state index in [1.807, 2.05) is 18.3 Å². The summed E-state index contributed by atoms with van der Waals surface area (Å²) < 4.78 is 1.75. The van der Waals surface area contributed by atoms with E-state index >= 15 is 0 Å². The molecule has 5 heteroatoms. The van der Waals surface area contributed by atoms with Crippen LogP contribution >= 0.6 is 11.6 Å². The van der Waals surface area contributed by atoms with Crippen molar-refractivity contribution in [2.45, 2.75) is 6.92 Å². The molecule has 0 bridgehead atoms. The van der Waals surface area contributed by atoms with Crippen molar-refractivity contribution in [3.05, 3.63) is 47.5 Å². The Hall–Kier alpha value is -1.94. The minimum absolute atomic E-state index is 0.221. The predicted octanol–water partition coefficient (Wildman–Crippen LogP) is 2.78. The van der Waals surface area contributed by atoms with Gasteiger partial charge in [0, 0.05) is 17.6 Å². The third-order valence-corrected chi connectivity index (χ3v) is 2.73. The normalized spacial score (nSPS) is 10.9. The average molecular weight is 245 g/mol. The topological polar surface area (TPSA) is 43.6 Å². The number of benzene rings is 1. The Bertz CT molecular complexity index is 690. The van der Waals surface area contributed by atoms with Crippen LogP contribution < -0.4 is 0 Å². The molecule has 3 aromatic rings. The molecule has 0 atom stereocenters. The summed E-state index contributed by atoms with van der Waals surface area (Å²) in [4.78, 5) is 8.00. The van der Waals surface area contributed by atoms with Gasteiger partial charge < -0.3 is 0 Å². The molecule has 0 unspecified atom stereocenters. The second kappa shape index (κ2) is 3.82. The highest BCUT2D eigenvalue weighted by atomic mass is 35.5. The van der Waals surface area contributed by atoms with Crippen LogP contribution in [0.15, 0.2) is 36.7 Å². The molecule has 0 aliphatic rings. The van der Waals surface area contributed by atoms with Gasteiger partial charge in [0.1, 0.15) is 0 Å². The first-order valence-corrected chi connectivity index (χ1v) is 5.55. The molecule has 0 saturated heterocycles. The highest BCUT2D eigenvalue weighted by Gasteiger charge is 2.06. The summed E-state index contributed by atoms with van der Waals surface area (Å²) in [6.45, 7) is 2.05. The Morgan fingerprint density at radius 2 is 2.12 bits per heavy atom. The quantitative estimate of drug-likeness (QED) is 0.618. The van der Waals surface area contributed by atoms with Gasteiger partial charge in [-0.3, -0.25) is 0 Å². The number of halogens is 1. The van der Waals surface area contributed by atoms with Crippen LogP contribution in [0, 0.1) is 6.92 Å². The first-order chi connectivity index (χ1) is 8.24. The third-order valence-electron chi connectivity index (χ3n) is 2.55. The molecule has 2 heterocycles. The van der Waals surface area contributed by atoms with Gasteiger partial charge in [0.05, 0.1) is 11.7 Å². The van der Waals surface area contributed by atoms with Gasteiger partial charge in [-0.2, -0.15) is 10.1 Å². The van der Waals surface area contributed by atoms with Crippen LogP contribution in [0.2, 0.25) is 5.28 Å². The van der Waals surface area contributed by atoms with Crippen LogP contribution in [0.3, 0.4) is 0 Å². The number of fused-ring (bicyclic) bond motifs is 1. The monoisotopic (exact) mass is 244 g/mol. The number of rotatable bonds is 1. The van der Waals surface area contributed by atoms with Crippen LogP contribution in [0.4, 0.5) is 0 Å². The van der Waals surface area contributed by atoms with Crippen molar-refractivity contribution in [1.82, 2.24) is 19.7 Å². The number of hydrogen-bond donors (Lipinski definition) is 0. The van der Waals surface area contributed by atoms with E-state index in [0.717, 1.165) is 10.9 Å². The maximum atomic E-state index is 5.77. The summed E-state index contributed by atoms with van der Waals surface area (Å²) >= 11 is 5.77. The minimum Gasteiger partial charge on any atom is -0.226 e. The lowest BCUT2D eigenvalue weighted by atomic mass is 10.2. The van der Waals surface area contributed by atoms with Gasteiger partial charge in [-0.05, 0) is 30.7 Å². The molecule has 0 fully saturated rings. The molecule has 0 saturated carbocycles. The first-order valence-electron chi connectivity index (χ1n) is 5.17. The van der Waals surface area contributed by atoms with Crippen LogP contribution in [0.25, 0.3) is 16.7 Å². The molecule has 1 aromatic carbocycles. The summed E-state index contributed by atoms with van der Waals surface area (Å²) in [6, 6.07) is 7.93. The van der Waals surface area contributed by atoms with Crippen LogP contribution in [-0.2, 0) is 0 Å². The Morgan fingerprint density at radius 1 is 1.24 bits per heavy atom. The third kappa shape index (κ3) is 1.76. The Balaban J connectivity index is 2.24.